The van der Waals surface area contributed by atoms with Gasteiger partial charge in [0, 0.05) is 11.5 Å². The molecule has 1 unspecified atom stereocenters. The first-order chi connectivity index (χ1) is 20.1. The Balaban J connectivity index is -0.000000497. The highest BCUT2D eigenvalue weighted by Gasteiger charge is 2.12. The number of benzene rings is 2. The summed E-state index contributed by atoms with van der Waals surface area (Å²) in [6.45, 7) is 35.8. The Bertz CT molecular complexity index is 1200. The van der Waals surface area contributed by atoms with Crippen LogP contribution < -0.4 is 10.6 Å². The predicted molar refractivity (Wildman–Crippen MR) is 198 cm³/mol. The van der Waals surface area contributed by atoms with Crippen LogP contribution in [0.25, 0.3) is 12.2 Å². The number of aromatic nitrogens is 1. The third-order valence-electron chi connectivity index (χ3n) is 6.20. The molecule has 2 heteroatoms. The van der Waals surface area contributed by atoms with E-state index in [4.69, 9.17) is 0 Å². The van der Waals surface area contributed by atoms with Crippen LogP contribution in [-0.2, 0) is 10.2 Å². The van der Waals surface area contributed by atoms with Gasteiger partial charge in [0.2, 0.25) is 0 Å². The zero-order chi connectivity index (χ0) is 34.0. The Morgan fingerprint density at radius 3 is 1.74 bits per heavy atom. The highest BCUT2D eigenvalue weighted by molar-refractivity contribution is 5.72. The number of nitrogens with one attached hydrogen (secondary N) is 1. The van der Waals surface area contributed by atoms with Gasteiger partial charge in [0.1, 0.15) is 5.78 Å². The van der Waals surface area contributed by atoms with Crippen molar-refractivity contribution in [3.8, 4) is 0 Å². The molecule has 242 valence electrons. The molecule has 0 saturated carbocycles. The number of aromatic amines is 1. The number of hydrogen-bond donors (Lipinski definition) is 1. The maximum atomic E-state index is 9.44. The summed E-state index contributed by atoms with van der Waals surface area (Å²) in [5, 5.41) is 2.24. The summed E-state index contributed by atoms with van der Waals surface area (Å²) in [5.41, 5.74) is 7.24. The van der Waals surface area contributed by atoms with Crippen LogP contribution in [0.3, 0.4) is 0 Å². The second kappa shape index (κ2) is 26.5. The fourth-order valence-electron chi connectivity index (χ4n) is 3.91. The monoisotopic (exact) mass is 590 g/mol. The van der Waals surface area contributed by atoms with Crippen LogP contribution in [0.15, 0.2) is 73.4 Å². The van der Waals surface area contributed by atoms with E-state index < -0.39 is 0 Å². The van der Waals surface area contributed by atoms with E-state index in [2.05, 4.69) is 129 Å². The van der Waals surface area contributed by atoms with E-state index in [-0.39, 0.29) is 11.2 Å². The highest BCUT2D eigenvalue weighted by Crippen LogP contribution is 2.25. The second-order valence-electron chi connectivity index (χ2n) is 12.0. The third-order valence-corrected chi connectivity index (χ3v) is 6.20. The van der Waals surface area contributed by atoms with Crippen molar-refractivity contribution in [2.24, 2.45) is 0 Å². The highest BCUT2D eigenvalue weighted by atomic mass is 16.1. The molecule has 0 amide bonds. The summed E-state index contributed by atoms with van der Waals surface area (Å²) < 4.78 is 0. The number of ketones is 1. The molecule has 1 heterocycles. The molecule has 0 aliphatic rings. The van der Waals surface area contributed by atoms with Gasteiger partial charge in [-0.05, 0) is 95.1 Å². The lowest BCUT2D eigenvalue weighted by Crippen LogP contribution is -2.21. The van der Waals surface area contributed by atoms with Gasteiger partial charge in [-0.15, -0.1) is 6.58 Å². The maximum Gasteiger partial charge on any atom is 0.126 e. The molecule has 3 rings (SSSR count). The molecule has 0 saturated heterocycles. The van der Waals surface area contributed by atoms with Crippen LogP contribution in [0.1, 0.15) is 137 Å². The van der Waals surface area contributed by atoms with E-state index in [0.717, 1.165) is 11.3 Å². The molecule has 43 heavy (non-hydrogen) atoms. The summed E-state index contributed by atoms with van der Waals surface area (Å²) in [4.78, 5) is 12.5. The van der Waals surface area contributed by atoms with Gasteiger partial charge in [-0.3, -0.25) is 0 Å². The number of H-pyrrole nitrogens is 1. The first kappa shape index (κ1) is 44.3. The summed E-state index contributed by atoms with van der Waals surface area (Å²) in [5.74, 6) is 0.940. The average Bonchev–Trinajstić information content (AvgIpc) is 3.37. The molecule has 3 aromatic rings. The number of rotatable bonds is 5. The van der Waals surface area contributed by atoms with Crippen molar-refractivity contribution >= 4 is 17.9 Å². The van der Waals surface area contributed by atoms with Gasteiger partial charge in [-0.25, -0.2) is 0 Å². The molecule has 0 aliphatic carbocycles. The van der Waals surface area contributed by atoms with E-state index in [1.165, 1.54) is 72.6 Å². The zero-order valence-corrected chi connectivity index (χ0v) is 30.6. The number of unbranched alkanes of at least 4 members (excludes halogenated alkanes) is 1. The molecule has 0 aliphatic heterocycles. The first-order valence-electron chi connectivity index (χ1n) is 16.1. The van der Waals surface area contributed by atoms with Crippen LogP contribution in [0.4, 0.5) is 0 Å². The molecule has 0 radical (unpaired) electrons. The minimum absolute atomic E-state index is 0.167. The molecule has 0 spiro atoms. The smallest absolute Gasteiger partial charge is 0.126 e. The molecule has 1 aromatic heterocycles. The Kier molecular flexibility index (Phi) is 27.3. The van der Waals surface area contributed by atoms with Crippen LogP contribution in [0.2, 0.25) is 0 Å². The fraction of sp³-hybridized carbons (Fsp3) is 0.488. The van der Waals surface area contributed by atoms with Crippen LogP contribution in [0, 0.1) is 13.8 Å². The largest absolute Gasteiger partial charge is 0.362 e. The summed E-state index contributed by atoms with van der Waals surface area (Å²) in [6, 6.07) is 19.7. The van der Waals surface area contributed by atoms with E-state index in [0.29, 0.717) is 0 Å². The van der Waals surface area contributed by atoms with Crippen molar-refractivity contribution < 1.29 is 4.79 Å². The lowest BCUT2D eigenvalue weighted by Gasteiger charge is -2.18. The molecule has 2 aromatic carbocycles. The molecule has 2 nitrogen and oxygen atoms in total. The number of allylic oxidation sites excluding steroid dienone is 1. The Morgan fingerprint density at radius 1 is 0.907 bits per heavy atom. The van der Waals surface area contributed by atoms with Crippen molar-refractivity contribution in [2.45, 2.75) is 134 Å². The summed E-state index contributed by atoms with van der Waals surface area (Å²) in [7, 11) is 0. The molecule has 0 bridgehead atoms. The number of hydrogen-bond acceptors (Lipinski definition) is 1. The van der Waals surface area contributed by atoms with Gasteiger partial charge in [-0.1, -0.05) is 139 Å². The van der Waals surface area contributed by atoms with Gasteiger partial charge in [0.15, 0.2) is 0 Å². The standard InChI is InChI=1S/C14H22.C11H16.C8H11N.C3H6O.C3H6.C2H6/c1-4-6-9-13(5-2)14-10-7-8-12(3)11-14;1-9-5-7-10(8-6-9)11(2,3)4;1-6(2)8-4-5-9-7(8)3;1-3(2)4;1-3-2;1-2/h7-8,10-11,13H,4-6,9H2,1-3H3;5-8H,1-4H3;4-5,9H,3H2,1-2H3;1-2H3;3H,1H2,2H3;1-2H3. The van der Waals surface area contributed by atoms with Crippen molar-refractivity contribution in [1.82, 2.24) is 4.98 Å². The van der Waals surface area contributed by atoms with Gasteiger partial charge < -0.3 is 9.78 Å². The predicted octanol–water partition coefficient (Wildman–Crippen LogP) is 11.4. The van der Waals surface area contributed by atoms with Gasteiger partial charge in [0.25, 0.3) is 0 Å². The van der Waals surface area contributed by atoms with Crippen LogP contribution >= 0.6 is 0 Å². The average molecular weight is 590 g/mol. The number of carbonyl (C=O) groups is 1. The molecule has 0 fully saturated rings. The normalized spacial score (nSPS) is 10.2. The number of aryl methyl sites for hydroxylation is 2. The van der Waals surface area contributed by atoms with Crippen molar-refractivity contribution in [3.05, 3.63) is 106 Å². The Hall–Kier alpha value is -3.13. The first-order valence-corrected chi connectivity index (χ1v) is 16.1. The van der Waals surface area contributed by atoms with E-state index >= 15 is 0 Å². The lowest BCUT2D eigenvalue weighted by atomic mass is 9.87. The van der Waals surface area contributed by atoms with E-state index in [1.807, 2.05) is 33.0 Å². The van der Waals surface area contributed by atoms with E-state index in [9.17, 15) is 4.79 Å². The maximum absolute atomic E-state index is 9.44. The van der Waals surface area contributed by atoms with Crippen molar-refractivity contribution in [2.75, 3.05) is 0 Å². The molecular weight excluding hydrogens is 522 g/mol. The van der Waals surface area contributed by atoms with Gasteiger partial charge >= 0.3 is 0 Å². The number of carbonyl (C=O) groups excluding carboxylic acids is 1. The lowest BCUT2D eigenvalue weighted by molar-refractivity contribution is -0.115. The third kappa shape index (κ3) is 24.1. The molecule has 1 N–H and O–H groups in total. The minimum atomic E-state index is 0.167. The zero-order valence-electron chi connectivity index (χ0n) is 30.6. The Morgan fingerprint density at radius 2 is 1.42 bits per heavy atom. The van der Waals surface area contributed by atoms with Gasteiger partial charge in [0.05, 0.1) is 0 Å². The molecule has 1 atom stereocenters. The van der Waals surface area contributed by atoms with Crippen LogP contribution in [-0.4, -0.2) is 10.8 Å². The molecular formula is C41H67NO. The second-order valence-corrected chi connectivity index (χ2v) is 12.0. The number of Topliss-reactive ketones (excluding diaryl/α,β-unsaturated/α-hetero) is 1. The fourth-order valence-corrected chi connectivity index (χ4v) is 3.91. The van der Waals surface area contributed by atoms with E-state index in [1.54, 1.807) is 6.08 Å². The van der Waals surface area contributed by atoms with Crippen LogP contribution in [0.5, 0.6) is 0 Å². The van der Waals surface area contributed by atoms with Gasteiger partial charge in [-0.2, -0.15) is 0 Å². The SMILES string of the molecule is C=CC.C=c1[nH]ccc1=C(C)C.CC.CC(C)=O.CCCCC(CC)c1cccc(C)c1.Cc1ccc(C(C)(C)C)cc1. The summed E-state index contributed by atoms with van der Waals surface area (Å²) in [6.07, 6.45) is 8.93. The Labute approximate surface area is 267 Å². The quantitative estimate of drug-likeness (QED) is 0.295. The summed E-state index contributed by atoms with van der Waals surface area (Å²) >= 11 is 0. The van der Waals surface area contributed by atoms with Crippen molar-refractivity contribution in [3.63, 3.8) is 0 Å². The van der Waals surface area contributed by atoms with Crippen molar-refractivity contribution in [1.29, 1.82) is 0 Å². The minimum Gasteiger partial charge on any atom is -0.362 e. The topological polar surface area (TPSA) is 32.9 Å².